The van der Waals surface area contributed by atoms with Crippen LogP contribution in [0.5, 0.6) is 11.5 Å². The van der Waals surface area contributed by atoms with Crippen molar-refractivity contribution in [2.75, 3.05) is 114 Å². The Morgan fingerprint density at radius 3 is 2.37 bits per heavy atom. The summed E-state index contributed by atoms with van der Waals surface area (Å²) in [4.78, 5) is 101. The van der Waals surface area contributed by atoms with Gasteiger partial charge in [0.25, 0.3) is 0 Å². The van der Waals surface area contributed by atoms with E-state index < -0.39 is 76.0 Å². The molecule has 582 valence electrons. The summed E-state index contributed by atoms with van der Waals surface area (Å²) in [6.45, 7) is 11.5. The van der Waals surface area contributed by atoms with E-state index in [1.807, 2.05) is 6.92 Å². The molecule has 6 atom stereocenters. The summed E-state index contributed by atoms with van der Waals surface area (Å²) in [5.74, 6) is 7.30. The average Bonchev–Trinajstić information content (AvgIpc) is 1.27. The number of fused-ring (bicyclic) bond motifs is 5. The molecular formula is C70H91N7O23P3S4+. The number of aromatic carboxylic acids is 1. The molecule has 0 spiro atoms. The van der Waals surface area contributed by atoms with Gasteiger partial charge in [-0.1, -0.05) is 55.9 Å². The van der Waals surface area contributed by atoms with Gasteiger partial charge in [0.15, 0.2) is 5.78 Å². The number of anilines is 2. The molecule has 1 amide bonds. The number of ether oxygens (including phenoxy) is 8. The fourth-order valence-corrected chi connectivity index (χ4v) is 19.9. The number of nitrogens with two attached hydrogens (primary N) is 1. The Morgan fingerprint density at radius 2 is 1.59 bits per heavy atom. The molecule has 3 aromatic carbocycles. The summed E-state index contributed by atoms with van der Waals surface area (Å²) in [5, 5.41) is 16.1. The van der Waals surface area contributed by atoms with Crippen LogP contribution >= 0.6 is 45.1 Å². The van der Waals surface area contributed by atoms with Crippen LogP contribution in [0.2, 0.25) is 0 Å². The van der Waals surface area contributed by atoms with Crippen LogP contribution in [0.1, 0.15) is 164 Å². The highest BCUT2D eigenvalue weighted by Crippen LogP contribution is 2.66. The first-order chi connectivity index (χ1) is 51.3. The third kappa shape index (κ3) is 21.9. The molecule has 107 heavy (non-hydrogen) atoms. The summed E-state index contributed by atoms with van der Waals surface area (Å²) in [6, 6.07) is 9.50. The Hall–Kier alpha value is -5.73. The predicted molar refractivity (Wildman–Crippen MR) is 405 cm³/mol. The van der Waals surface area contributed by atoms with Crippen molar-refractivity contribution in [2.45, 2.75) is 147 Å². The van der Waals surface area contributed by atoms with E-state index in [1.165, 1.54) is 39.6 Å². The molecule has 6 aliphatic rings. The number of carboxylic acid groups (broad SMARTS) is 1. The number of alkyl carbamates (subject to hydrolysis) is 1. The number of esters is 1. The van der Waals surface area contributed by atoms with Crippen LogP contribution in [-0.2, 0) is 111 Å². The molecular weight excluding hydrogens is 1530 g/mol. The Kier molecular flexibility index (Phi) is 28.8. The fourth-order valence-electron chi connectivity index (χ4n) is 13.9. The van der Waals surface area contributed by atoms with Gasteiger partial charge in [-0.25, -0.2) is 37.8 Å². The maximum Gasteiger partial charge on any atom is 0.490 e. The number of unbranched alkanes of at least 4 members (excludes halogenated alkanes) is 1. The van der Waals surface area contributed by atoms with Gasteiger partial charge in [0.05, 0.1) is 80.2 Å². The van der Waals surface area contributed by atoms with E-state index in [9.17, 15) is 47.8 Å². The van der Waals surface area contributed by atoms with Crippen LogP contribution in [-0.4, -0.2) is 183 Å². The Balaban J connectivity index is 0.537. The second kappa shape index (κ2) is 37.5. The summed E-state index contributed by atoms with van der Waals surface area (Å²) in [5.41, 5.74) is 16.1. The van der Waals surface area contributed by atoms with E-state index >= 15 is 0 Å². The number of phosphoric acid groups is 3. The zero-order valence-corrected chi connectivity index (χ0v) is 65.7. The lowest BCUT2D eigenvalue weighted by atomic mass is 9.81. The van der Waals surface area contributed by atoms with E-state index in [0.29, 0.717) is 84.9 Å². The SMILES string of the molecule is CCS(=S)COC1C[C@H](n2cc(C#CCCC(=O)OCCCCOCSSC(C)(C)CCOC(=O)NCCOCCOCCCC(=O)c3ccc(C(=O)O)c(C4=c5cc6c7c(c5Oc5c4cc4c8c5CCCN8CCC4)CCC[N+]=7CCC6)c3)c3c(N)ncnc32)O[C@@H]1COP(=O)(O)OP(=O)(O)OP(=O)(O)O. The number of carbonyl (C=O) groups excluding carboxylic acids is 3. The molecule has 6 aliphatic heterocycles. The minimum atomic E-state index is -5.77. The van der Waals surface area contributed by atoms with Gasteiger partial charge in [-0.3, -0.25) is 14.1 Å². The second-order valence-corrected chi connectivity index (χ2v) is 37.4. The van der Waals surface area contributed by atoms with E-state index in [0.717, 1.165) is 105 Å². The predicted octanol–water partition coefficient (Wildman–Crippen LogP) is 8.62. The van der Waals surface area contributed by atoms with Gasteiger partial charge in [0, 0.05) is 115 Å². The number of rotatable bonds is 39. The molecule has 8 N–H and O–H groups in total. The van der Waals surface area contributed by atoms with Gasteiger partial charge in [0.1, 0.15) is 60.7 Å². The third-order valence-electron chi connectivity index (χ3n) is 18.8. The first-order valence-electron chi connectivity index (χ1n) is 35.7. The number of phosphoric ester groups is 1. The maximum absolute atomic E-state index is 14.0. The molecule has 1 fully saturated rings. The molecule has 30 nitrogen and oxygen atoms in total. The molecule has 2 aromatic heterocycles. The smallest absolute Gasteiger partial charge is 0.478 e. The van der Waals surface area contributed by atoms with Crippen LogP contribution in [0.15, 0.2) is 42.9 Å². The number of carbonyl (C=O) groups is 4. The number of ketones is 1. The minimum Gasteiger partial charge on any atom is -0.478 e. The van der Waals surface area contributed by atoms with Crippen molar-refractivity contribution in [3.63, 3.8) is 0 Å². The normalized spacial score (nSPS) is 18.7. The molecule has 11 rings (SSSR count). The molecule has 0 radical (unpaired) electrons. The van der Waals surface area contributed by atoms with Gasteiger partial charge < -0.3 is 83.1 Å². The Morgan fingerprint density at radius 1 is 0.841 bits per heavy atom. The molecule has 4 unspecified atom stereocenters. The standard InChI is InChI=1S/C70H90N7O23P3S4/c1-4-107(104)44-95-56-39-58(97-57(56)41-96-102(86,87)100-103(88,89)99-101(83,84)85)77-40-48(60-66(71)73-42-74-67(60)77)14-5-6-20-59(79)93-31-8-7-29-92-43-105-106-70(2,3)23-32-94-69(82)72-24-33-91-35-34-90-30-13-19-55(78)45-21-22-49(68(80)81)52(36-45)61-53-37-46-15-9-25-75-27-11-17-50(62(46)75)64(53)98-65-51-18-12-28-76-26-10-16-47(63(51)76)38-54(61)65/h21-22,36-38,40,42,56-58H,4,6-13,15-20,23-35,39,41,43-44H2,1-3H3,(H7-,71,72,73,74,80,81,82,83,84,85,86,87,88,89)/p+1/t56?,57-,58-,107?/m1/s1. The van der Waals surface area contributed by atoms with Crippen LogP contribution < -0.4 is 35.8 Å². The third-order valence-corrected chi connectivity index (χ3v) is 27.6. The van der Waals surface area contributed by atoms with Crippen molar-refractivity contribution < 1.29 is 109 Å². The second-order valence-electron chi connectivity index (χ2n) is 26.9. The maximum atomic E-state index is 14.0. The number of nitrogen functional groups attached to an aromatic ring is 1. The van der Waals surface area contributed by atoms with Crippen LogP contribution in [0.3, 0.4) is 0 Å². The largest absolute Gasteiger partial charge is 0.490 e. The van der Waals surface area contributed by atoms with Gasteiger partial charge >= 0.3 is 41.5 Å². The lowest BCUT2D eigenvalue weighted by molar-refractivity contribution is -0.143. The zero-order valence-electron chi connectivity index (χ0n) is 59.8. The van der Waals surface area contributed by atoms with Crippen LogP contribution in [0.4, 0.5) is 16.3 Å². The van der Waals surface area contributed by atoms with E-state index in [-0.39, 0.29) is 86.5 Å². The number of aromatic nitrogens is 3. The number of carboxylic acids is 1. The highest BCUT2D eigenvalue weighted by atomic mass is 33.1. The fraction of sp³-hybridized carbons (Fsp3) is 0.557. The molecule has 37 heteroatoms. The number of Topliss-reactive ketones (excluding diaryl/α,β-unsaturated/α-hetero) is 1. The van der Waals surface area contributed by atoms with Gasteiger partial charge in [-0.15, -0.1) is 0 Å². The molecule has 0 saturated carbocycles. The average molecular weight is 1620 g/mol. The Bertz CT molecular complexity index is 4510. The summed E-state index contributed by atoms with van der Waals surface area (Å²) < 4.78 is 99.5. The minimum absolute atomic E-state index is 0.00672. The summed E-state index contributed by atoms with van der Waals surface area (Å²) >= 11 is 5.41. The zero-order chi connectivity index (χ0) is 76.0. The molecule has 0 bridgehead atoms. The molecule has 1 saturated heterocycles. The van der Waals surface area contributed by atoms with Gasteiger partial charge in [0.2, 0.25) is 5.36 Å². The Labute approximate surface area is 634 Å². The van der Waals surface area contributed by atoms with Gasteiger partial charge in [-0.2, -0.15) is 8.62 Å². The lowest BCUT2D eigenvalue weighted by Gasteiger charge is -2.39. The first kappa shape index (κ1) is 82.2. The highest BCUT2D eigenvalue weighted by molar-refractivity contribution is 8.77. The van der Waals surface area contributed by atoms with Crippen molar-refractivity contribution in [1.82, 2.24) is 24.4 Å². The topological polar surface area (TPSA) is 397 Å². The van der Waals surface area contributed by atoms with Crippen molar-refractivity contribution >= 4 is 118 Å². The molecule has 0 aliphatic carbocycles. The summed E-state index contributed by atoms with van der Waals surface area (Å²) in [6.07, 6.45) is 10.0. The molecule has 5 aromatic rings. The number of amides is 1. The summed E-state index contributed by atoms with van der Waals surface area (Å²) in [7, 11) is -14.3. The van der Waals surface area contributed by atoms with E-state index in [4.69, 9.17) is 69.1 Å². The van der Waals surface area contributed by atoms with Crippen LogP contribution in [0.25, 0.3) is 16.6 Å². The van der Waals surface area contributed by atoms with Crippen molar-refractivity contribution in [3.8, 4) is 23.3 Å². The van der Waals surface area contributed by atoms with Crippen molar-refractivity contribution in [2.24, 2.45) is 0 Å². The number of hydrogen-bond acceptors (Lipinski definition) is 25. The van der Waals surface area contributed by atoms with Crippen molar-refractivity contribution in [3.05, 3.63) is 104 Å². The monoisotopic (exact) mass is 1620 g/mol. The number of hydrogen-bond donors (Lipinski definition) is 7. The number of nitrogens with one attached hydrogen (secondary N) is 1. The quantitative estimate of drug-likeness (QED) is 0.00277. The first-order valence-corrected chi connectivity index (χ1v) is 45.0. The number of aryl methyl sites for hydroxylation is 2. The molecule has 8 heterocycles. The van der Waals surface area contributed by atoms with Crippen LogP contribution in [0, 0.1) is 11.8 Å². The highest BCUT2D eigenvalue weighted by Gasteiger charge is 2.45. The van der Waals surface area contributed by atoms with E-state index in [1.54, 1.807) is 50.6 Å². The van der Waals surface area contributed by atoms with Crippen molar-refractivity contribution in [1.29, 1.82) is 0 Å². The van der Waals surface area contributed by atoms with E-state index in [2.05, 4.69) is 71.2 Å². The number of nitrogens with zero attached hydrogens (tertiary/aromatic N) is 5. The lowest BCUT2D eigenvalue weighted by Crippen LogP contribution is -2.45. The number of benzene rings is 3. The van der Waals surface area contributed by atoms with Gasteiger partial charge in [-0.05, 0) is 130 Å².